The molecule has 0 bridgehead atoms. The van der Waals surface area contributed by atoms with Crippen molar-refractivity contribution in [3.8, 4) is 0 Å². The van der Waals surface area contributed by atoms with Gasteiger partial charge in [0, 0.05) is 40.4 Å². The van der Waals surface area contributed by atoms with Crippen LogP contribution >= 0.6 is 0 Å². The van der Waals surface area contributed by atoms with Crippen molar-refractivity contribution in [3.63, 3.8) is 0 Å². The van der Waals surface area contributed by atoms with E-state index in [-0.39, 0.29) is 37.0 Å². The average molecular weight is 455 g/mol. The molecule has 0 atom stereocenters. The van der Waals surface area contributed by atoms with Gasteiger partial charge in [0.25, 0.3) is 11.8 Å². The maximum absolute atomic E-state index is 12.9. The fourth-order valence-corrected chi connectivity index (χ4v) is 4.32. The van der Waals surface area contributed by atoms with Crippen LogP contribution in [0.3, 0.4) is 0 Å². The fourth-order valence-electron chi connectivity index (χ4n) is 4.32. The molecule has 8 nitrogen and oxygen atoms in total. The van der Waals surface area contributed by atoms with Crippen LogP contribution in [0.5, 0.6) is 0 Å². The van der Waals surface area contributed by atoms with Crippen LogP contribution in [0, 0.1) is 6.92 Å². The van der Waals surface area contributed by atoms with E-state index < -0.39 is 11.8 Å². The number of nitrogens with zero attached hydrogens (tertiary/aromatic N) is 1. The van der Waals surface area contributed by atoms with E-state index in [2.05, 4.69) is 10.9 Å². The van der Waals surface area contributed by atoms with Gasteiger partial charge in [-0.05, 0) is 36.9 Å². The van der Waals surface area contributed by atoms with Crippen molar-refractivity contribution in [2.75, 3.05) is 6.54 Å². The molecule has 4 amide bonds. The van der Waals surface area contributed by atoms with E-state index in [4.69, 9.17) is 4.42 Å². The van der Waals surface area contributed by atoms with Crippen LogP contribution in [-0.2, 0) is 4.79 Å². The van der Waals surface area contributed by atoms with Crippen molar-refractivity contribution in [2.24, 2.45) is 0 Å². The number of aryl methyl sites for hydroxylation is 1. The highest BCUT2D eigenvalue weighted by molar-refractivity contribution is 6.25. The molecular weight excluding hydrogens is 434 g/mol. The zero-order valence-corrected chi connectivity index (χ0v) is 18.4. The van der Waals surface area contributed by atoms with Gasteiger partial charge in [0.2, 0.25) is 5.91 Å². The number of carbonyl (C=O) groups is 4. The summed E-state index contributed by atoms with van der Waals surface area (Å²) in [6, 6.07) is 18.0. The lowest BCUT2D eigenvalue weighted by Gasteiger charge is -2.27. The molecule has 0 aliphatic carbocycles. The van der Waals surface area contributed by atoms with Gasteiger partial charge in [-0.3, -0.25) is 34.9 Å². The first-order chi connectivity index (χ1) is 16.5. The molecule has 0 saturated heterocycles. The third kappa shape index (κ3) is 3.59. The van der Waals surface area contributed by atoms with Gasteiger partial charge in [-0.15, -0.1) is 0 Å². The first kappa shape index (κ1) is 21.4. The molecule has 8 heteroatoms. The predicted molar refractivity (Wildman–Crippen MR) is 125 cm³/mol. The van der Waals surface area contributed by atoms with Crippen molar-refractivity contribution < 1.29 is 23.6 Å². The Labute approximate surface area is 194 Å². The number of hydrogen-bond acceptors (Lipinski definition) is 5. The molecule has 5 rings (SSSR count). The van der Waals surface area contributed by atoms with Crippen LogP contribution in [0.4, 0.5) is 0 Å². The van der Waals surface area contributed by atoms with Crippen molar-refractivity contribution in [3.05, 3.63) is 83.1 Å². The van der Waals surface area contributed by atoms with E-state index in [9.17, 15) is 19.2 Å². The molecular formula is C26H21N3O5. The van der Waals surface area contributed by atoms with Gasteiger partial charge in [-0.2, -0.15) is 0 Å². The molecule has 1 aliphatic rings. The van der Waals surface area contributed by atoms with Crippen molar-refractivity contribution in [1.29, 1.82) is 0 Å². The summed E-state index contributed by atoms with van der Waals surface area (Å²) in [5, 5.41) is 2.33. The predicted octanol–water partition coefficient (Wildman–Crippen LogP) is 3.73. The van der Waals surface area contributed by atoms with Gasteiger partial charge in [0.05, 0.1) is 0 Å². The summed E-state index contributed by atoms with van der Waals surface area (Å²) in [6.07, 6.45) is 0.267. The number of fused-ring (bicyclic) bond motifs is 1. The second-order valence-electron chi connectivity index (χ2n) is 8.13. The molecule has 0 saturated carbocycles. The standard InChI is InChI=1S/C26H21N3O5/c1-15-17-9-2-3-12-20(17)34-23(15)24(31)28-27-21(30)13-6-14-29-25(32)18-10-4-7-16-8-5-11-19(22(16)18)26(29)33/h2-5,7-12H,6,13-14H2,1H3,(H,27,30)(H,28,31). The molecule has 0 unspecified atom stereocenters. The van der Waals surface area contributed by atoms with Crippen LogP contribution in [0.1, 0.15) is 49.7 Å². The Morgan fingerprint density at radius 3 is 2.24 bits per heavy atom. The van der Waals surface area contributed by atoms with Crippen molar-refractivity contribution in [2.45, 2.75) is 19.8 Å². The van der Waals surface area contributed by atoms with Gasteiger partial charge >= 0.3 is 5.91 Å². The number of hydrogen-bond donors (Lipinski definition) is 2. The first-order valence-electron chi connectivity index (χ1n) is 10.9. The minimum atomic E-state index is -0.562. The molecule has 0 spiro atoms. The summed E-state index contributed by atoms with van der Waals surface area (Å²) in [7, 11) is 0. The lowest BCUT2D eigenvalue weighted by atomic mass is 9.94. The van der Waals surface area contributed by atoms with Crippen molar-refractivity contribution in [1.82, 2.24) is 15.8 Å². The molecule has 0 radical (unpaired) electrons. The third-order valence-electron chi connectivity index (χ3n) is 6.01. The maximum atomic E-state index is 12.9. The van der Waals surface area contributed by atoms with E-state index in [0.717, 1.165) is 10.8 Å². The van der Waals surface area contributed by atoms with Crippen LogP contribution in [0.2, 0.25) is 0 Å². The normalized spacial score (nSPS) is 12.9. The summed E-state index contributed by atoms with van der Waals surface area (Å²) in [4.78, 5) is 51.7. The molecule has 0 fully saturated rings. The molecule has 3 aromatic carbocycles. The Bertz CT molecular complexity index is 1440. The van der Waals surface area contributed by atoms with Crippen LogP contribution < -0.4 is 10.9 Å². The second-order valence-corrected chi connectivity index (χ2v) is 8.13. The number of benzene rings is 3. The number of amides is 4. The molecule has 34 heavy (non-hydrogen) atoms. The number of rotatable bonds is 5. The average Bonchev–Trinajstić information content (AvgIpc) is 3.19. The molecule has 1 aromatic heterocycles. The Balaban J connectivity index is 1.18. The minimum Gasteiger partial charge on any atom is -0.451 e. The Morgan fingerprint density at radius 1 is 0.882 bits per heavy atom. The van der Waals surface area contributed by atoms with Crippen molar-refractivity contribution >= 4 is 45.4 Å². The van der Waals surface area contributed by atoms with E-state index in [1.54, 1.807) is 37.3 Å². The van der Waals surface area contributed by atoms with Gasteiger partial charge in [0.15, 0.2) is 5.76 Å². The summed E-state index contributed by atoms with van der Waals surface area (Å²) in [6.45, 7) is 1.86. The summed E-state index contributed by atoms with van der Waals surface area (Å²) < 4.78 is 5.58. The quantitative estimate of drug-likeness (QED) is 0.352. The second kappa shape index (κ2) is 8.47. The van der Waals surface area contributed by atoms with E-state index >= 15 is 0 Å². The number of para-hydroxylation sites is 1. The van der Waals surface area contributed by atoms with Crippen LogP contribution in [0.15, 0.2) is 65.1 Å². The highest BCUT2D eigenvalue weighted by Gasteiger charge is 2.32. The Hall–Kier alpha value is -4.46. The highest BCUT2D eigenvalue weighted by atomic mass is 16.3. The van der Waals surface area contributed by atoms with E-state index in [1.165, 1.54) is 4.90 Å². The topological polar surface area (TPSA) is 109 Å². The van der Waals surface area contributed by atoms with Gasteiger partial charge in [-0.25, -0.2) is 0 Å². The van der Waals surface area contributed by atoms with Gasteiger partial charge in [0.1, 0.15) is 5.58 Å². The number of nitrogens with one attached hydrogen (secondary N) is 2. The zero-order valence-electron chi connectivity index (χ0n) is 18.4. The minimum absolute atomic E-state index is 0.0162. The smallest absolute Gasteiger partial charge is 0.305 e. The number of imide groups is 1. The summed E-state index contributed by atoms with van der Waals surface area (Å²) in [5.41, 5.74) is 6.93. The molecule has 170 valence electrons. The Morgan fingerprint density at radius 2 is 1.56 bits per heavy atom. The van der Waals surface area contributed by atoms with E-state index in [0.29, 0.717) is 27.7 Å². The van der Waals surface area contributed by atoms with Crippen LogP contribution in [-0.4, -0.2) is 35.1 Å². The first-order valence-corrected chi connectivity index (χ1v) is 10.9. The Kier molecular flexibility index (Phi) is 5.33. The number of furan rings is 1. The molecule has 2 heterocycles. The fraction of sp³-hybridized carbons (Fsp3) is 0.154. The van der Waals surface area contributed by atoms with Gasteiger partial charge < -0.3 is 4.42 Å². The van der Waals surface area contributed by atoms with Crippen LogP contribution in [0.25, 0.3) is 21.7 Å². The largest absolute Gasteiger partial charge is 0.451 e. The third-order valence-corrected chi connectivity index (χ3v) is 6.01. The molecule has 2 N–H and O–H groups in total. The maximum Gasteiger partial charge on any atom is 0.305 e. The molecule has 4 aromatic rings. The monoisotopic (exact) mass is 455 g/mol. The highest BCUT2D eigenvalue weighted by Crippen LogP contribution is 2.30. The summed E-state index contributed by atoms with van der Waals surface area (Å²) >= 11 is 0. The molecule has 1 aliphatic heterocycles. The number of carbonyl (C=O) groups excluding carboxylic acids is 4. The summed E-state index contributed by atoms with van der Waals surface area (Å²) in [5.74, 6) is -1.62. The SMILES string of the molecule is Cc1c(C(=O)NNC(=O)CCCN2C(=O)c3cccc4cccc(c34)C2=O)oc2ccccc12. The lowest BCUT2D eigenvalue weighted by molar-refractivity contribution is -0.122. The lowest BCUT2D eigenvalue weighted by Crippen LogP contribution is -2.43. The van der Waals surface area contributed by atoms with Gasteiger partial charge in [-0.1, -0.05) is 42.5 Å². The zero-order chi connectivity index (χ0) is 23.8. The number of hydrazine groups is 1. The van der Waals surface area contributed by atoms with E-state index in [1.807, 2.05) is 30.3 Å².